The molecule has 2 aliphatic carbocycles. The Balaban J connectivity index is 1.56. The fourth-order valence-electron chi connectivity index (χ4n) is 7.65. The lowest BCUT2D eigenvalue weighted by Crippen LogP contribution is -2.05. The van der Waals surface area contributed by atoms with E-state index in [1.807, 2.05) is 36.4 Å². The maximum atomic E-state index is 12.5. The van der Waals surface area contributed by atoms with Crippen LogP contribution in [0.15, 0.2) is 97.1 Å². The molecule has 6 aromatic carbocycles. The molecule has 206 valence electrons. The third-order valence-corrected chi connectivity index (χ3v) is 9.64. The molecule has 2 aliphatic rings. The molecular formula is C40H34O2. The number of phenolic OH excluding ortho intramolecular Hbond substituents is 2. The molecule has 0 fully saturated rings. The SMILES string of the molecule is Oc1c(-c2c(-c3ccccc3)cc3ccc4c(c3c2O)CCCC4)c(-c2ccccc2)cc2ccc3c(c12)CCCC3. The van der Waals surface area contributed by atoms with Crippen LogP contribution < -0.4 is 0 Å². The Kier molecular flexibility index (Phi) is 6.03. The summed E-state index contributed by atoms with van der Waals surface area (Å²) >= 11 is 0. The van der Waals surface area contributed by atoms with Crippen molar-refractivity contribution in [1.29, 1.82) is 0 Å². The average Bonchev–Trinajstić information content (AvgIpc) is 3.05. The van der Waals surface area contributed by atoms with Gasteiger partial charge in [-0.05, 0) is 119 Å². The molecule has 0 aliphatic heterocycles. The summed E-state index contributed by atoms with van der Waals surface area (Å²) in [6, 6.07) is 33.9. The Hall–Kier alpha value is -4.56. The van der Waals surface area contributed by atoms with E-state index in [0.29, 0.717) is 0 Å². The van der Waals surface area contributed by atoms with Crippen LogP contribution >= 0.6 is 0 Å². The van der Waals surface area contributed by atoms with Crippen molar-refractivity contribution in [2.75, 3.05) is 0 Å². The van der Waals surface area contributed by atoms with Crippen LogP contribution in [0.4, 0.5) is 0 Å². The van der Waals surface area contributed by atoms with E-state index in [1.165, 1.54) is 35.1 Å². The minimum absolute atomic E-state index is 0.279. The summed E-state index contributed by atoms with van der Waals surface area (Å²) in [5.74, 6) is 0.559. The molecule has 0 radical (unpaired) electrons. The molecule has 0 unspecified atom stereocenters. The van der Waals surface area contributed by atoms with E-state index in [0.717, 1.165) is 93.5 Å². The van der Waals surface area contributed by atoms with E-state index in [-0.39, 0.29) is 11.5 Å². The van der Waals surface area contributed by atoms with Crippen LogP contribution in [-0.4, -0.2) is 10.2 Å². The minimum Gasteiger partial charge on any atom is -0.507 e. The van der Waals surface area contributed by atoms with Gasteiger partial charge in [0.05, 0.1) is 0 Å². The second-order valence-electron chi connectivity index (χ2n) is 12.0. The Morgan fingerprint density at radius 1 is 0.429 bits per heavy atom. The van der Waals surface area contributed by atoms with Gasteiger partial charge in [0.1, 0.15) is 11.5 Å². The predicted molar refractivity (Wildman–Crippen MR) is 174 cm³/mol. The zero-order valence-electron chi connectivity index (χ0n) is 23.8. The van der Waals surface area contributed by atoms with Crippen LogP contribution in [-0.2, 0) is 25.7 Å². The first kappa shape index (κ1) is 25.2. The first-order valence-corrected chi connectivity index (χ1v) is 15.4. The molecule has 0 saturated heterocycles. The number of aryl methyl sites for hydroxylation is 4. The second-order valence-corrected chi connectivity index (χ2v) is 12.0. The summed E-state index contributed by atoms with van der Waals surface area (Å²) in [6.45, 7) is 0. The maximum absolute atomic E-state index is 12.5. The lowest BCUT2D eigenvalue weighted by Gasteiger charge is -2.25. The number of hydrogen-bond donors (Lipinski definition) is 2. The molecule has 0 saturated carbocycles. The maximum Gasteiger partial charge on any atom is 0.132 e. The lowest BCUT2D eigenvalue weighted by molar-refractivity contribution is 0.475. The van der Waals surface area contributed by atoms with E-state index >= 15 is 0 Å². The van der Waals surface area contributed by atoms with E-state index < -0.39 is 0 Å². The van der Waals surface area contributed by atoms with Crippen molar-refractivity contribution in [1.82, 2.24) is 0 Å². The smallest absolute Gasteiger partial charge is 0.132 e. The first-order chi connectivity index (χ1) is 20.7. The summed E-state index contributed by atoms with van der Waals surface area (Å²) in [6.07, 6.45) is 8.65. The normalized spacial score (nSPS) is 14.6. The summed E-state index contributed by atoms with van der Waals surface area (Å²) in [4.78, 5) is 0. The van der Waals surface area contributed by atoms with E-state index in [2.05, 4.69) is 60.7 Å². The van der Waals surface area contributed by atoms with Gasteiger partial charge in [-0.15, -0.1) is 0 Å². The summed E-state index contributed by atoms with van der Waals surface area (Å²) in [5, 5.41) is 29.0. The molecule has 0 atom stereocenters. The van der Waals surface area contributed by atoms with Crippen LogP contribution in [0.3, 0.4) is 0 Å². The molecule has 2 nitrogen and oxygen atoms in total. The molecule has 0 amide bonds. The van der Waals surface area contributed by atoms with Gasteiger partial charge in [0.25, 0.3) is 0 Å². The largest absolute Gasteiger partial charge is 0.507 e. The van der Waals surface area contributed by atoms with Crippen LogP contribution in [0.5, 0.6) is 11.5 Å². The highest BCUT2D eigenvalue weighted by Crippen LogP contribution is 2.54. The number of rotatable bonds is 3. The third kappa shape index (κ3) is 3.93. The van der Waals surface area contributed by atoms with Gasteiger partial charge < -0.3 is 10.2 Å². The monoisotopic (exact) mass is 546 g/mol. The van der Waals surface area contributed by atoms with Crippen LogP contribution in [0.25, 0.3) is 54.9 Å². The molecule has 2 N–H and O–H groups in total. The molecule has 0 heterocycles. The van der Waals surface area contributed by atoms with Crippen molar-refractivity contribution in [2.45, 2.75) is 51.4 Å². The van der Waals surface area contributed by atoms with Crippen molar-refractivity contribution in [2.24, 2.45) is 0 Å². The van der Waals surface area contributed by atoms with Crippen molar-refractivity contribution < 1.29 is 10.2 Å². The highest BCUT2D eigenvalue weighted by molar-refractivity contribution is 6.12. The number of hydrogen-bond acceptors (Lipinski definition) is 2. The fraction of sp³-hybridized carbons (Fsp3) is 0.200. The quantitative estimate of drug-likeness (QED) is 0.232. The summed E-state index contributed by atoms with van der Waals surface area (Å²) in [5.41, 5.74) is 10.6. The van der Waals surface area contributed by atoms with Crippen LogP contribution in [0.2, 0.25) is 0 Å². The number of aromatic hydroxyl groups is 2. The van der Waals surface area contributed by atoms with Gasteiger partial charge >= 0.3 is 0 Å². The van der Waals surface area contributed by atoms with Gasteiger partial charge in [-0.3, -0.25) is 0 Å². The van der Waals surface area contributed by atoms with E-state index in [4.69, 9.17) is 0 Å². The molecule has 42 heavy (non-hydrogen) atoms. The average molecular weight is 547 g/mol. The Labute approximate surface area is 246 Å². The summed E-state index contributed by atoms with van der Waals surface area (Å²) in [7, 11) is 0. The summed E-state index contributed by atoms with van der Waals surface area (Å²) < 4.78 is 0. The van der Waals surface area contributed by atoms with Crippen molar-refractivity contribution in [3.8, 4) is 44.9 Å². The second kappa shape index (κ2) is 10.1. The number of fused-ring (bicyclic) bond motifs is 6. The fourth-order valence-corrected chi connectivity index (χ4v) is 7.65. The number of phenols is 2. The third-order valence-electron chi connectivity index (χ3n) is 9.64. The predicted octanol–water partition coefficient (Wildman–Crippen LogP) is 10.2. The molecule has 0 aromatic heterocycles. The molecule has 0 bridgehead atoms. The molecule has 6 aromatic rings. The molecule has 0 spiro atoms. The van der Waals surface area contributed by atoms with Crippen molar-refractivity contribution in [3.63, 3.8) is 0 Å². The number of benzene rings is 6. The highest BCUT2D eigenvalue weighted by Gasteiger charge is 2.27. The molecule has 2 heteroatoms. The van der Waals surface area contributed by atoms with E-state index in [1.54, 1.807) is 0 Å². The van der Waals surface area contributed by atoms with Gasteiger partial charge in [-0.25, -0.2) is 0 Å². The zero-order chi connectivity index (χ0) is 28.2. The Morgan fingerprint density at radius 3 is 1.26 bits per heavy atom. The van der Waals surface area contributed by atoms with Crippen molar-refractivity contribution in [3.05, 3.63) is 119 Å². The zero-order valence-corrected chi connectivity index (χ0v) is 23.8. The Morgan fingerprint density at radius 2 is 0.833 bits per heavy atom. The molecular weight excluding hydrogens is 512 g/mol. The van der Waals surface area contributed by atoms with Crippen LogP contribution in [0, 0.1) is 0 Å². The lowest BCUT2D eigenvalue weighted by atomic mass is 9.80. The van der Waals surface area contributed by atoms with Gasteiger partial charge in [0.15, 0.2) is 0 Å². The highest BCUT2D eigenvalue weighted by atomic mass is 16.3. The Bertz CT molecular complexity index is 1840. The van der Waals surface area contributed by atoms with Gasteiger partial charge in [0.2, 0.25) is 0 Å². The molecule has 8 rings (SSSR count). The standard InChI is InChI=1S/C40H34O2/c41-39-35-29(21-19-27-15-7-9-17-31(27)35)23-33(25-11-3-1-4-12-25)37(39)38-34(26-13-5-2-6-14-26)24-30-22-20-28-16-8-10-18-32(28)36(30)40(38)42/h1-6,11-14,19-24,41-42H,7-10,15-18H2. The van der Waals surface area contributed by atoms with Gasteiger partial charge in [-0.1, -0.05) is 84.9 Å². The van der Waals surface area contributed by atoms with Gasteiger partial charge in [0, 0.05) is 21.9 Å². The van der Waals surface area contributed by atoms with Crippen molar-refractivity contribution >= 4 is 21.5 Å². The minimum atomic E-state index is 0.279. The topological polar surface area (TPSA) is 40.5 Å². The van der Waals surface area contributed by atoms with Gasteiger partial charge in [-0.2, -0.15) is 0 Å². The van der Waals surface area contributed by atoms with Crippen LogP contribution in [0.1, 0.15) is 47.9 Å². The first-order valence-electron chi connectivity index (χ1n) is 15.4. The van der Waals surface area contributed by atoms with E-state index in [9.17, 15) is 10.2 Å².